The van der Waals surface area contributed by atoms with Crippen LogP contribution in [0, 0.1) is 11.6 Å². The highest BCUT2D eigenvalue weighted by Crippen LogP contribution is 2.36. The summed E-state index contributed by atoms with van der Waals surface area (Å²) in [6.07, 6.45) is 3.19. The third kappa shape index (κ3) is 2.86. The molecule has 0 bridgehead atoms. The third-order valence-corrected chi connectivity index (χ3v) is 4.08. The maximum atomic E-state index is 14.3. The average Bonchev–Trinajstić information content (AvgIpc) is 2.53. The van der Waals surface area contributed by atoms with E-state index < -0.39 is 17.6 Å². The van der Waals surface area contributed by atoms with Gasteiger partial charge in [0.05, 0.1) is 18.2 Å². The first-order valence-electron chi connectivity index (χ1n) is 7.08. The van der Waals surface area contributed by atoms with E-state index in [9.17, 15) is 13.6 Å². The second-order valence-electron chi connectivity index (χ2n) is 5.26. The van der Waals surface area contributed by atoms with Crippen molar-refractivity contribution in [2.45, 2.75) is 12.8 Å². The fourth-order valence-electron chi connectivity index (χ4n) is 2.81. The molecule has 2 aromatic carbocycles. The zero-order valence-corrected chi connectivity index (χ0v) is 13.1. The molecule has 0 aliphatic heterocycles. The number of allylic oxidation sites excluding steroid dienone is 1. The van der Waals surface area contributed by atoms with Crippen LogP contribution in [0.25, 0.3) is 5.57 Å². The van der Waals surface area contributed by atoms with E-state index in [0.29, 0.717) is 23.1 Å². The van der Waals surface area contributed by atoms with Crippen molar-refractivity contribution in [2.24, 2.45) is 0 Å². The molecule has 2 nitrogen and oxygen atoms in total. The Morgan fingerprint density at radius 3 is 2.52 bits per heavy atom. The molecule has 2 aromatic rings. The Morgan fingerprint density at radius 2 is 1.87 bits per heavy atom. The molecule has 0 unspecified atom stereocenters. The van der Waals surface area contributed by atoms with Crippen LogP contribution in [0.4, 0.5) is 8.78 Å². The number of fused-ring (bicyclic) bond motifs is 1. The van der Waals surface area contributed by atoms with Gasteiger partial charge in [-0.25, -0.2) is 13.6 Å². The van der Waals surface area contributed by atoms with Crippen molar-refractivity contribution in [3.63, 3.8) is 0 Å². The molecule has 0 saturated heterocycles. The first-order chi connectivity index (χ1) is 11.0. The number of methoxy groups -OCH3 is 1. The molecule has 0 radical (unpaired) electrons. The highest BCUT2D eigenvalue weighted by Gasteiger charge is 2.22. The Morgan fingerprint density at radius 1 is 1.17 bits per heavy atom. The lowest BCUT2D eigenvalue weighted by Gasteiger charge is -2.20. The molecule has 1 aliphatic carbocycles. The number of carbonyl (C=O) groups is 1. The first-order valence-corrected chi connectivity index (χ1v) is 7.45. The number of aryl methyl sites for hydroxylation is 1. The van der Waals surface area contributed by atoms with E-state index in [2.05, 4.69) is 0 Å². The molecule has 0 spiro atoms. The van der Waals surface area contributed by atoms with E-state index in [1.165, 1.54) is 7.11 Å². The normalized spacial score (nSPS) is 13.3. The van der Waals surface area contributed by atoms with Crippen molar-refractivity contribution < 1.29 is 18.3 Å². The highest BCUT2D eigenvalue weighted by atomic mass is 35.5. The first kappa shape index (κ1) is 15.7. The fourth-order valence-corrected chi connectivity index (χ4v) is 3.00. The van der Waals surface area contributed by atoms with E-state index in [-0.39, 0.29) is 10.6 Å². The Labute approximate surface area is 137 Å². The summed E-state index contributed by atoms with van der Waals surface area (Å²) in [5.41, 5.74) is 2.22. The minimum absolute atomic E-state index is 0.00342. The Bertz CT molecular complexity index is 805. The van der Waals surface area contributed by atoms with Crippen molar-refractivity contribution in [1.29, 1.82) is 0 Å². The molecule has 0 atom stereocenters. The van der Waals surface area contributed by atoms with Gasteiger partial charge >= 0.3 is 5.97 Å². The Kier molecular flexibility index (Phi) is 4.18. The molecule has 23 heavy (non-hydrogen) atoms. The molecular weight excluding hydrogens is 322 g/mol. The molecule has 0 fully saturated rings. The van der Waals surface area contributed by atoms with Crippen LogP contribution < -0.4 is 0 Å². The average molecular weight is 335 g/mol. The van der Waals surface area contributed by atoms with Crippen molar-refractivity contribution in [2.75, 3.05) is 7.11 Å². The van der Waals surface area contributed by atoms with E-state index in [0.717, 1.165) is 24.1 Å². The summed E-state index contributed by atoms with van der Waals surface area (Å²) in [6.45, 7) is 0. The van der Waals surface area contributed by atoms with E-state index in [1.54, 1.807) is 24.3 Å². The summed E-state index contributed by atoms with van der Waals surface area (Å²) < 4.78 is 33.2. The molecule has 0 amide bonds. The summed E-state index contributed by atoms with van der Waals surface area (Å²) in [5.74, 6) is -1.94. The van der Waals surface area contributed by atoms with Gasteiger partial charge in [-0.05, 0) is 53.8 Å². The lowest BCUT2D eigenvalue weighted by molar-refractivity contribution is 0.0600. The predicted molar refractivity (Wildman–Crippen MR) is 84.5 cm³/mol. The van der Waals surface area contributed by atoms with E-state index in [1.807, 2.05) is 0 Å². The number of halogens is 3. The fraction of sp³-hybridized carbons (Fsp3) is 0.167. The van der Waals surface area contributed by atoms with E-state index >= 15 is 0 Å². The predicted octanol–water partition coefficient (Wildman–Crippen LogP) is 4.78. The standard InChI is InChI=1S/C18H13ClF2O2/c1-23-18(22)11-6-5-10-3-2-4-13(14(10)7-11)17-15(20)8-12(19)9-16(17)21/h4-9H,2-3H2,1H3. The van der Waals surface area contributed by atoms with Gasteiger partial charge < -0.3 is 4.74 Å². The number of hydrogen-bond acceptors (Lipinski definition) is 2. The summed E-state index contributed by atoms with van der Waals surface area (Å²) >= 11 is 5.69. The number of hydrogen-bond donors (Lipinski definition) is 0. The molecule has 3 rings (SSSR count). The molecule has 0 heterocycles. The topological polar surface area (TPSA) is 26.3 Å². The second kappa shape index (κ2) is 6.13. The highest BCUT2D eigenvalue weighted by molar-refractivity contribution is 6.30. The van der Waals surface area contributed by atoms with Gasteiger partial charge in [0.2, 0.25) is 0 Å². The van der Waals surface area contributed by atoms with Gasteiger partial charge in [-0.3, -0.25) is 0 Å². The maximum Gasteiger partial charge on any atom is 0.337 e. The van der Waals surface area contributed by atoms with Crippen molar-refractivity contribution >= 4 is 23.1 Å². The van der Waals surface area contributed by atoms with Crippen LogP contribution in [0.5, 0.6) is 0 Å². The van der Waals surface area contributed by atoms with Gasteiger partial charge in [-0.2, -0.15) is 0 Å². The van der Waals surface area contributed by atoms with Gasteiger partial charge in [0.25, 0.3) is 0 Å². The Hall–Kier alpha value is -2.20. The van der Waals surface area contributed by atoms with Crippen LogP contribution in [0.2, 0.25) is 5.02 Å². The van der Waals surface area contributed by atoms with Gasteiger partial charge in [0.1, 0.15) is 11.6 Å². The molecule has 118 valence electrons. The van der Waals surface area contributed by atoms with Crippen molar-refractivity contribution in [3.8, 4) is 0 Å². The molecule has 0 N–H and O–H groups in total. The molecule has 0 saturated carbocycles. The van der Waals surface area contributed by atoms with Crippen LogP contribution in [0.1, 0.15) is 33.5 Å². The maximum absolute atomic E-state index is 14.3. The minimum Gasteiger partial charge on any atom is -0.465 e. The summed E-state index contributed by atoms with van der Waals surface area (Å²) in [5, 5.41) is 0.00342. The van der Waals surface area contributed by atoms with Crippen molar-refractivity contribution in [3.05, 3.63) is 75.3 Å². The zero-order valence-electron chi connectivity index (χ0n) is 12.3. The monoisotopic (exact) mass is 334 g/mol. The largest absolute Gasteiger partial charge is 0.465 e. The zero-order chi connectivity index (χ0) is 16.6. The summed E-state index contributed by atoms with van der Waals surface area (Å²) in [4.78, 5) is 11.7. The molecule has 0 aromatic heterocycles. The van der Waals surface area contributed by atoms with Crippen LogP contribution in [-0.4, -0.2) is 13.1 Å². The molecular formula is C18H13ClF2O2. The van der Waals surface area contributed by atoms with Crippen molar-refractivity contribution in [1.82, 2.24) is 0 Å². The van der Waals surface area contributed by atoms with Gasteiger partial charge in [-0.1, -0.05) is 23.7 Å². The third-order valence-electron chi connectivity index (χ3n) is 3.86. The smallest absolute Gasteiger partial charge is 0.337 e. The lowest BCUT2D eigenvalue weighted by atomic mass is 9.85. The van der Waals surface area contributed by atoms with Crippen LogP contribution >= 0.6 is 11.6 Å². The van der Waals surface area contributed by atoms with Gasteiger partial charge in [0.15, 0.2) is 0 Å². The van der Waals surface area contributed by atoms with Crippen LogP contribution in [0.3, 0.4) is 0 Å². The number of esters is 1. The SMILES string of the molecule is COC(=O)c1ccc2c(c1)C(c1c(F)cc(Cl)cc1F)=CCC2. The second-order valence-corrected chi connectivity index (χ2v) is 5.70. The van der Waals surface area contributed by atoms with Gasteiger partial charge in [-0.15, -0.1) is 0 Å². The Balaban J connectivity index is 2.17. The number of benzene rings is 2. The van der Waals surface area contributed by atoms with Crippen LogP contribution in [0.15, 0.2) is 36.4 Å². The lowest BCUT2D eigenvalue weighted by Crippen LogP contribution is -2.08. The number of ether oxygens (including phenoxy) is 1. The quantitative estimate of drug-likeness (QED) is 0.739. The number of carbonyl (C=O) groups excluding carboxylic acids is 1. The summed E-state index contributed by atoms with van der Waals surface area (Å²) in [6, 6.07) is 7.22. The van der Waals surface area contributed by atoms with Crippen LogP contribution in [-0.2, 0) is 11.2 Å². The number of rotatable bonds is 2. The molecule has 5 heteroatoms. The summed E-state index contributed by atoms with van der Waals surface area (Å²) in [7, 11) is 1.29. The molecule has 1 aliphatic rings. The minimum atomic E-state index is -0.724. The van der Waals surface area contributed by atoms with E-state index in [4.69, 9.17) is 16.3 Å². The van der Waals surface area contributed by atoms with Gasteiger partial charge in [0, 0.05) is 5.02 Å².